The van der Waals surface area contributed by atoms with Crippen molar-refractivity contribution in [1.82, 2.24) is 0 Å². The molecule has 3 atom stereocenters. The first-order chi connectivity index (χ1) is 10.5. The number of esters is 1. The fourth-order valence-electron chi connectivity index (χ4n) is 3.74. The van der Waals surface area contributed by atoms with Crippen molar-refractivity contribution in [2.75, 3.05) is 0 Å². The number of Topliss-reactive ketones (excluding diaryl/α,β-unsaturated/α-hetero) is 1. The second-order valence-electron chi connectivity index (χ2n) is 8.04. The molecule has 0 aliphatic heterocycles. The Morgan fingerprint density at radius 1 is 1.48 bits per heavy atom. The molecule has 23 heavy (non-hydrogen) atoms. The van der Waals surface area contributed by atoms with Crippen molar-refractivity contribution in [3.05, 3.63) is 23.8 Å². The predicted molar refractivity (Wildman–Crippen MR) is 92.3 cm³/mol. The van der Waals surface area contributed by atoms with Gasteiger partial charge in [-0.3, -0.25) is 9.59 Å². The molecule has 0 saturated heterocycles. The number of hydrogen-bond donors (Lipinski definition) is 0. The van der Waals surface area contributed by atoms with Crippen LogP contribution in [-0.2, 0) is 14.3 Å². The van der Waals surface area contributed by atoms with Crippen LogP contribution in [0, 0.1) is 17.3 Å². The number of ketones is 1. The van der Waals surface area contributed by atoms with Gasteiger partial charge in [0.2, 0.25) is 0 Å². The van der Waals surface area contributed by atoms with Gasteiger partial charge in [0.1, 0.15) is 6.10 Å². The van der Waals surface area contributed by atoms with Crippen LogP contribution in [-0.4, -0.2) is 22.7 Å². The van der Waals surface area contributed by atoms with Crippen molar-refractivity contribution in [3.63, 3.8) is 0 Å². The van der Waals surface area contributed by atoms with Crippen LogP contribution in [0.15, 0.2) is 23.8 Å². The van der Waals surface area contributed by atoms with Crippen LogP contribution in [0.4, 0.5) is 0 Å². The van der Waals surface area contributed by atoms with Gasteiger partial charge in [0, 0.05) is 10.4 Å². The molecule has 0 heterocycles. The molecule has 2 aliphatic rings. The Morgan fingerprint density at radius 3 is 2.61 bits per heavy atom. The monoisotopic (exact) mass is 338 g/mol. The highest BCUT2D eigenvalue weighted by Gasteiger charge is 2.63. The van der Waals surface area contributed by atoms with Crippen LogP contribution < -0.4 is 0 Å². The summed E-state index contributed by atoms with van der Waals surface area (Å²) in [4.78, 5) is 24.3. The molecule has 2 aliphatic carbocycles. The van der Waals surface area contributed by atoms with Crippen molar-refractivity contribution in [3.8, 4) is 0 Å². The van der Waals surface area contributed by atoms with Crippen molar-refractivity contribution >= 4 is 23.4 Å². The zero-order valence-electron chi connectivity index (χ0n) is 14.7. The van der Waals surface area contributed by atoms with E-state index in [9.17, 15) is 9.59 Å². The maximum Gasteiger partial charge on any atom is 0.310 e. The van der Waals surface area contributed by atoms with E-state index < -0.39 is 6.10 Å². The molecule has 3 nitrogen and oxygen atoms in total. The Morgan fingerprint density at radius 2 is 2.09 bits per heavy atom. The minimum absolute atomic E-state index is 0.0636. The summed E-state index contributed by atoms with van der Waals surface area (Å²) in [6.45, 7) is 13.6. The van der Waals surface area contributed by atoms with E-state index in [0.29, 0.717) is 6.42 Å². The van der Waals surface area contributed by atoms with Crippen LogP contribution in [0.3, 0.4) is 0 Å². The molecule has 4 heteroatoms. The lowest BCUT2D eigenvalue weighted by Crippen LogP contribution is -2.21. The summed E-state index contributed by atoms with van der Waals surface area (Å²) < 4.78 is 5.68. The molecular weight excluding hydrogens is 312 g/mol. The Kier molecular flexibility index (Phi) is 4.83. The third-order valence-electron chi connectivity index (χ3n) is 5.28. The summed E-state index contributed by atoms with van der Waals surface area (Å²) in [5.74, 6) is -0.0324. The van der Waals surface area contributed by atoms with Gasteiger partial charge in [-0.25, -0.2) is 0 Å². The normalized spacial score (nSPS) is 29.7. The third kappa shape index (κ3) is 3.71. The smallest absolute Gasteiger partial charge is 0.310 e. The Hall–Kier alpha value is -1.09. The quantitative estimate of drug-likeness (QED) is 0.408. The molecule has 0 aromatic rings. The van der Waals surface area contributed by atoms with Gasteiger partial charge in [0.25, 0.3) is 0 Å². The van der Waals surface area contributed by atoms with Gasteiger partial charge >= 0.3 is 5.97 Å². The molecule has 1 fully saturated rings. The van der Waals surface area contributed by atoms with Gasteiger partial charge in [-0.05, 0) is 50.5 Å². The molecule has 0 bridgehead atoms. The first-order valence-electron chi connectivity index (χ1n) is 8.22. The van der Waals surface area contributed by atoms with E-state index in [1.165, 1.54) is 0 Å². The molecule has 0 aromatic carbocycles. The van der Waals surface area contributed by atoms with E-state index in [1.54, 1.807) is 6.08 Å². The minimum atomic E-state index is -0.411. The van der Waals surface area contributed by atoms with Gasteiger partial charge in [0.15, 0.2) is 5.78 Å². The van der Waals surface area contributed by atoms with E-state index >= 15 is 0 Å². The lowest BCUT2D eigenvalue weighted by molar-refractivity contribution is -0.150. The third-order valence-corrected chi connectivity index (χ3v) is 5.44. The lowest BCUT2D eigenvalue weighted by Gasteiger charge is -2.16. The second kappa shape index (κ2) is 6.08. The molecule has 0 amide bonds. The molecule has 0 spiro atoms. The average molecular weight is 339 g/mol. The molecule has 2 rings (SSSR count). The van der Waals surface area contributed by atoms with E-state index in [0.717, 1.165) is 17.6 Å². The number of carbonyl (C=O) groups excluding carboxylic acids is 2. The molecule has 0 radical (unpaired) electrons. The number of ether oxygens (including phenoxy) is 1. The number of allylic oxidation sites excluding steroid dienone is 2. The number of carbonyl (C=O) groups is 2. The molecule has 0 N–H and O–H groups in total. The van der Waals surface area contributed by atoms with Gasteiger partial charge in [0.05, 0.1) is 12.3 Å². The average Bonchev–Trinajstić information content (AvgIpc) is 2.81. The van der Waals surface area contributed by atoms with Gasteiger partial charge < -0.3 is 4.74 Å². The number of alkyl halides is 1. The fourth-order valence-corrected chi connectivity index (χ4v) is 3.90. The van der Waals surface area contributed by atoms with Crippen LogP contribution in [0.2, 0.25) is 0 Å². The van der Waals surface area contributed by atoms with E-state index in [1.807, 2.05) is 20.8 Å². The Labute approximate surface area is 144 Å². The largest absolute Gasteiger partial charge is 0.457 e. The second-order valence-corrected chi connectivity index (χ2v) is 9.06. The highest BCUT2D eigenvalue weighted by atomic mass is 35.5. The lowest BCUT2D eigenvalue weighted by atomic mass is 10.0. The summed E-state index contributed by atoms with van der Waals surface area (Å²) in [6.07, 6.45) is 2.88. The van der Waals surface area contributed by atoms with E-state index in [2.05, 4.69) is 20.4 Å². The standard InChI is InChI=1S/C19H27ClO3/c1-7-8-12-11(2)15(9-14(12)21)23-17(22)16-13(19(16,5)6)10-18(3,4)20/h7,13,15-16H,1,8-10H2,2-6H3/t13-,15+,16-/m0/s1. The fraction of sp³-hybridized carbons (Fsp3) is 0.684. The summed E-state index contributed by atoms with van der Waals surface area (Å²) in [5.41, 5.74) is 1.52. The van der Waals surface area contributed by atoms with E-state index in [-0.39, 0.29) is 40.3 Å². The Balaban J connectivity index is 2.03. The van der Waals surface area contributed by atoms with E-state index in [4.69, 9.17) is 16.3 Å². The molecular formula is C19H27ClO3. The first kappa shape index (κ1) is 18.3. The maximum atomic E-state index is 12.6. The topological polar surface area (TPSA) is 43.4 Å². The summed E-state index contributed by atoms with van der Waals surface area (Å²) in [6, 6.07) is 0. The molecule has 128 valence electrons. The molecule has 0 aromatic heterocycles. The summed E-state index contributed by atoms with van der Waals surface area (Å²) >= 11 is 6.32. The van der Waals surface area contributed by atoms with Gasteiger partial charge in [-0.2, -0.15) is 0 Å². The zero-order valence-corrected chi connectivity index (χ0v) is 15.5. The van der Waals surface area contributed by atoms with Crippen molar-refractivity contribution in [2.24, 2.45) is 17.3 Å². The first-order valence-corrected chi connectivity index (χ1v) is 8.60. The highest BCUT2D eigenvalue weighted by molar-refractivity contribution is 6.23. The maximum absolute atomic E-state index is 12.6. The van der Waals surface area contributed by atoms with Crippen LogP contribution in [0.1, 0.15) is 53.9 Å². The number of rotatable bonds is 6. The highest BCUT2D eigenvalue weighted by Crippen LogP contribution is 2.62. The SMILES string of the molecule is C=CCC1=C(C)[C@H](OC(=O)[C@@H]2[C@H](CC(C)(C)Cl)C2(C)C)CC1=O. The predicted octanol–water partition coefficient (Wildman–Crippen LogP) is 4.44. The number of halogens is 1. The van der Waals surface area contributed by atoms with Gasteiger partial charge in [-0.15, -0.1) is 18.2 Å². The summed E-state index contributed by atoms with van der Waals surface area (Å²) in [5, 5.41) is 0. The van der Waals surface area contributed by atoms with Crippen LogP contribution >= 0.6 is 11.6 Å². The minimum Gasteiger partial charge on any atom is -0.457 e. The summed E-state index contributed by atoms with van der Waals surface area (Å²) in [7, 11) is 0. The molecule has 0 unspecified atom stereocenters. The Bertz CT molecular complexity index is 566. The van der Waals surface area contributed by atoms with Crippen LogP contribution in [0.25, 0.3) is 0 Å². The van der Waals surface area contributed by atoms with Crippen molar-refractivity contribution in [1.29, 1.82) is 0 Å². The van der Waals surface area contributed by atoms with Gasteiger partial charge in [-0.1, -0.05) is 19.9 Å². The zero-order chi connectivity index (χ0) is 17.6. The number of hydrogen-bond acceptors (Lipinski definition) is 3. The van der Waals surface area contributed by atoms with Crippen molar-refractivity contribution < 1.29 is 14.3 Å². The van der Waals surface area contributed by atoms with Crippen molar-refractivity contribution in [2.45, 2.75) is 64.9 Å². The van der Waals surface area contributed by atoms with Crippen LogP contribution in [0.5, 0.6) is 0 Å². The molecule has 1 saturated carbocycles.